The van der Waals surface area contributed by atoms with Crippen LogP contribution in [0.3, 0.4) is 0 Å². The predicted octanol–water partition coefficient (Wildman–Crippen LogP) is 0.677. The van der Waals surface area contributed by atoms with E-state index in [4.69, 9.17) is 5.73 Å². The summed E-state index contributed by atoms with van der Waals surface area (Å²) in [7, 11) is 1.38. The van der Waals surface area contributed by atoms with Gasteiger partial charge in [-0.25, -0.2) is 0 Å². The van der Waals surface area contributed by atoms with E-state index >= 15 is 0 Å². The quantitative estimate of drug-likeness (QED) is 0.599. The Hall–Kier alpha value is -0.570. The van der Waals surface area contributed by atoms with Gasteiger partial charge in [0, 0.05) is 0 Å². The maximum atomic E-state index is 11.1. The summed E-state index contributed by atoms with van der Waals surface area (Å²) in [5.74, 6) is -0.276. The van der Waals surface area contributed by atoms with Crippen LogP contribution >= 0.6 is 0 Å². The standard InChI is InChI=1S/C8H15NO2/c1-4-7(2)5-8(7,9)6(10)11-3/h4-5,9H2,1-3H3/t7-,8-/m1/s1. The molecule has 64 valence electrons. The lowest BCUT2D eigenvalue weighted by Gasteiger charge is -2.13. The third-order valence-electron chi connectivity index (χ3n) is 2.95. The van der Waals surface area contributed by atoms with Crippen molar-refractivity contribution in [3.63, 3.8) is 0 Å². The molecule has 0 unspecified atom stereocenters. The fourth-order valence-electron chi connectivity index (χ4n) is 1.51. The molecule has 0 spiro atoms. The highest BCUT2D eigenvalue weighted by Gasteiger charge is 2.66. The zero-order valence-corrected chi connectivity index (χ0v) is 7.31. The molecule has 1 rings (SSSR count). The number of hydrogen-bond donors (Lipinski definition) is 1. The lowest BCUT2D eigenvalue weighted by atomic mass is 10.00. The van der Waals surface area contributed by atoms with E-state index in [1.54, 1.807) is 0 Å². The van der Waals surface area contributed by atoms with Crippen LogP contribution in [-0.2, 0) is 9.53 Å². The summed E-state index contributed by atoms with van der Waals surface area (Å²) >= 11 is 0. The molecular formula is C8H15NO2. The average molecular weight is 157 g/mol. The van der Waals surface area contributed by atoms with Crippen LogP contribution in [-0.4, -0.2) is 18.6 Å². The Morgan fingerprint density at radius 2 is 2.27 bits per heavy atom. The highest BCUT2D eigenvalue weighted by atomic mass is 16.5. The first kappa shape index (κ1) is 8.53. The van der Waals surface area contributed by atoms with Gasteiger partial charge in [0.25, 0.3) is 0 Å². The van der Waals surface area contributed by atoms with Gasteiger partial charge in [-0.15, -0.1) is 0 Å². The molecule has 0 heterocycles. The van der Waals surface area contributed by atoms with Crippen LogP contribution in [0, 0.1) is 5.41 Å². The third kappa shape index (κ3) is 0.948. The molecule has 2 N–H and O–H groups in total. The Kier molecular flexibility index (Phi) is 1.71. The van der Waals surface area contributed by atoms with Crippen LogP contribution in [0.15, 0.2) is 0 Å². The molecule has 3 nitrogen and oxygen atoms in total. The van der Waals surface area contributed by atoms with Gasteiger partial charge >= 0.3 is 5.97 Å². The molecule has 0 aliphatic heterocycles. The molecule has 3 heteroatoms. The number of hydrogen-bond acceptors (Lipinski definition) is 3. The normalized spacial score (nSPS) is 41.8. The van der Waals surface area contributed by atoms with Crippen LogP contribution < -0.4 is 5.73 Å². The summed E-state index contributed by atoms with van der Waals surface area (Å²) in [5, 5.41) is 0. The number of ether oxygens (including phenoxy) is 1. The van der Waals surface area contributed by atoms with Crippen molar-refractivity contribution in [3.8, 4) is 0 Å². The molecule has 0 aromatic carbocycles. The maximum absolute atomic E-state index is 11.1. The van der Waals surface area contributed by atoms with Gasteiger partial charge in [0.15, 0.2) is 0 Å². The van der Waals surface area contributed by atoms with E-state index in [1.807, 2.05) is 13.8 Å². The van der Waals surface area contributed by atoms with Crippen LogP contribution in [0.1, 0.15) is 26.7 Å². The van der Waals surface area contributed by atoms with Crippen molar-refractivity contribution in [3.05, 3.63) is 0 Å². The Bertz CT molecular complexity index is 193. The molecule has 0 saturated heterocycles. The topological polar surface area (TPSA) is 52.3 Å². The molecule has 0 radical (unpaired) electrons. The van der Waals surface area contributed by atoms with Crippen molar-refractivity contribution in [2.24, 2.45) is 11.1 Å². The Morgan fingerprint density at radius 3 is 2.55 bits per heavy atom. The lowest BCUT2D eigenvalue weighted by Crippen LogP contribution is -2.39. The summed E-state index contributed by atoms with van der Waals surface area (Å²) in [6.07, 6.45) is 1.68. The molecular weight excluding hydrogens is 142 g/mol. The predicted molar refractivity (Wildman–Crippen MR) is 41.9 cm³/mol. The van der Waals surface area contributed by atoms with E-state index in [2.05, 4.69) is 4.74 Å². The fraction of sp³-hybridized carbons (Fsp3) is 0.875. The molecule has 11 heavy (non-hydrogen) atoms. The Morgan fingerprint density at radius 1 is 1.73 bits per heavy atom. The van der Waals surface area contributed by atoms with Crippen molar-refractivity contribution in [1.29, 1.82) is 0 Å². The molecule has 0 aromatic heterocycles. The van der Waals surface area contributed by atoms with Crippen molar-refractivity contribution < 1.29 is 9.53 Å². The number of rotatable bonds is 2. The molecule has 0 aromatic rings. The number of nitrogens with two attached hydrogens (primary N) is 1. The zero-order valence-electron chi connectivity index (χ0n) is 7.31. The summed E-state index contributed by atoms with van der Waals surface area (Å²) in [5.41, 5.74) is 5.09. The summed E-state index contributed by atoms with van der Waals surface area (Å²) in [6, 6.07) is 0. The van der Waals surface area contributed by atoms with Gasteiger partial charge in [-0.05, 0) is 18.3 Å². The summed E-state index contributed by atoms with van der Waals surface area (Å²) in [4.78, 5) is 11.1. The number of methoxy groups -OCH3 is 1. The first-order chi connectivity index (χ1) is 5.00. The van der Waals surface area contributed by atoms with Gasteiger partial charge < -0.3 is 10.5 Å². The SMILES string of the molecule is CC[C@]1(C)C[C@@]1(N)C(=O)OC. The minimum absolute atomic E-state index is 0.0277. The van der Waals surface area contributed by atoms with Gasteiger partial charge in [0.05, 0.1) is 7.11 Å². The Balaban J connectivity index is 2.69. The van der Waals surface area contributed by atoms with Gasteiger partial charge in [0.1, 0.15) is 5.54 Å². The smallest absolute Gasteiger partial charge is 0.326 e. The van der Waals surface area contributed by atoms with E-state index in [0.717, 1.165) is 12.8 Å². The molecule has 1 saturated carbocycles. The maximum Gasteiger partial charge on any atom is 0.326 e. The van der Waals surface area contributed by atoms with Crippen LogP contribution in [0.2, 0.25) is 0 Å². The van der Waals surface area contributed by atoms with Gasteiger partial charge in [-0.2, -0.15) is 0 Å². The zero-order chi connectivity index (χ0) is 8.70. The van der Waals surface area contributed by atoms with E-state index in [9.17, 15) is 4.79 Å². The van der Waals surface area contributed by atoms with Crippen LogP contribution in [0.5, 0.6) is 0 Å². The van der Waals surface area contributed by atoms with E-state index in [1.165, 1.54) is 7.11 Å². The van der Waals surface area contributed by atoms with Crippen molar-refractivity contribution in [2.75, 3.05) is 7.11 Å². The van der Waals surface area contributed by atoms with Gasteiger partial charge in [0.2, 0.25) is 0 Å². The minimum Gasteiger partial charge on any atom is -0.468 e. The summed E-state index contributed by atoms with van der Waals surface area (Å²) in [6.45, 7) is 4.06. The minimum atomic E-state index is -0.698. The highest BCUT2D eigenvalue weighted by molar-refractivity contribution is 5.85. The molecule has 1 aliphatic rings. The first-order valence-corrected chi connectivity index (χ1v) is 3.87. The van der Waals surface area contributed by atoms with Crippen LogP contribution in [0.25, 0.3) is 0 Å². The summed E-state index contributed by atoms with van der Waals surface area (Å²) < 4.78 is 4.61. The van der Waals surface area contributed by atoms with E-state index < -0.39 is 5.54 Å². The van der Waals surface area contributed by atoms with Gasteiger partial charge in [-0.1, -0.05) is 13.8 Å². The number of esters is 1. The first-order valence-electron chi connectivity index (χ1n) is 3.87. The van der Waals surface area contributed by atoms with Crippen molar-refractivity contribution >= 4 is 5.97 Å². The van der Waals surface area contributed by atoms with Crippen molar-refractivity contribution in [1.82, 2.24) is 0 Å². The molecule has 0 bridgehead atoms. The molecule has 2 atom stereocenters. The third-order valence-corrected chi connectivity index (χ3v) is 2.95. The monoisotopic (exact) mass is 157 g/mol. The molecule has 0 amide bonds. The second-order valence-corrected chi connectivity index (χ2v) is 3.55. The second-order valence-electron chi connectivity index (χ2n) is 3.55. The van der Waals surface area contributed by atoms with Crippen molar-refractivity contribution in [2.45, 2.75) is 32.2 Å². The number of carbonyl (C=O) groups is 1. The van der Waals surface area contributed by atoms with E-state index in [-0.39, 0.29) is 11.4 Å². The van der Waals surface area contributed by atoms with E-state index in [0.29, 0.717) is 0 Å². The average Bonchev–Trinajstić information content (AvgIpc) is 2.56. The van der Waals surface area contributed by atoms with Crippen LogP contribution in [0.4, 0.5) is 0 Å². The molecule has 1 aliphatic carbocycles. The Labute approximate surface area is 66.9 Å². The lowest BCUT2D eigenvalue weighted by molar-refractivity contribution is -0.144. The van der Waals surface area contributed by atoms with Gasteiger partial charge in [-0.3, -0.25) is 4.79 Å². The number of carbonyl (C=O) groups excluding carboxylic acids is 1. The highest BCUT2D eigenvalue weighted by Crippen LogP contribution is 2.56. The second kappa shape index (κ2) is 2.21. The molecule has 1 fully saturated rings. The largest absolute Gasteiger partial charge is 0.468 e. The fourth-order valence-corrected chi connectivity index (χ4v) is 1.51.